The van der Waals surface area contributed by atoms with E-state index in [0.717, 1.165) is 18.8 Å². The summed E-state index contributed by atoms with van der Waals surface area (Å²) in [5, 5.41) is 8.48. The highest BCUT2D eigenvalue weighted by Gasteiger charge is 2.30. The molecule has 0 amide bonds. The zero-order chi connectivity index (χ0) is 11.7. The van der Waals surface area contributed by atoms with E-state index in [1.165, 1.54) is 44.5 Å². The van der Waals surface area contributed by atoms with E-state index in [0.29, 0.717) is 12.5 Å². The third-order valence-corrected chi connectivity index (χ3v) is 3.83. The van der Waals surface area contributed by atoms with Crippen LogP contribution in [0.3, 0.4) is 0 Å². The Kier molecular flexibility index (Phi) is 3.11. The summed E-state index contributed by atoms with van der Waals surface area (Å²) in [5.41, 5.74) is 8.04. The van der Waals surface area contributed by atoms with Crippen LogP contribution in [0.5, 0.6) is 0 Å². The fraction of sp³-hybridized carbons (Fsp3) is 0.833. The number of hydrogen-bond acceptors (Lipinski definition) is 4. The lowest BCUT2D eigenvalue weighted by atomic mass is 10.2. The van der Waals surface area contributed by atoms with Gasteiger partial charge in [-0.05, 0) is 38.8 Å². The monoisotopic (exact) mass is 235 g/mol. The van der Waals surface area contributed by atoms with Crippen LogP contribution >= 0.6 is 0 Å². The van der Waals surface area contributed by atoms with Gasteiger partial charge in [-0.3, -0.25) is 0 Å². The number of aromatic nitrogens is 3. The molecule has 2 N–H and O–H groups in total. The number of hydrogen-bond donors (Lipinski definition) is 1. The van der Waals surface area contributed by atoms with E-state index in [9.17, 15) is 0 Å². The maximum Gasteiger partial charge on any atom is 0.0997 e. The minimum Gasteiger partial charge on any atom is -0.325 e. The minimum absolute atomic E-state index is 0.523. The van der Waals surface area contributed by atoms with Crippen molar-refractivity contribution < 1.29 is 0 Å². The second-order valence-corrected chi connectivity index (χ2v) is 5.17. The van der Waals surface area contributed by atoms with Crippen molar-refractivity contribution >= 4 is 0 Å². The summed E-state index contributed by atoms with van der Waals surface area (Å²) in [5.74, 6) is 0.683. The molecule has 2 heterocycles. The van der Waals surface area contributed by atoms with Gasteiger partial charge in [0.05, 0.1) is 17.9 Å². The molecular weight excluding hydrogens is 214 g/mol. The Morgan fingerprint density at radius 3 is 2.59 bits per heavy atom. The topological polar surface area (TPSA) is 60.0 Å². The summed E-state index contributed by atoms with van der Waals surface area (Å²) in [6.07, 6.45) is 5.26. The summed E-state index contributed by atoms with van der Waals surface area (Å²) in [4.78, 5) is 2.51. The fourth-order valence-corrected chi connectivity index (χ4v) is 2.71. The van der Waals surface area contributed by atoms with Crippen molar-refractivity contribution in [2.75, 3.05) is 19.6 Å². The first kappa shape index (κ1) is 11.2. The molecule has 1 aliphatic heterocycles. The van der Waals surface area contributed by atoms with Crippen molar-refractivity contribution in [2.24, 2.45) is 5.73 Å². The third-order valence-electron chi connectivity index (χ3n) is 3.83. The molecule has 5 heteroatoms. The van der Waals surface area contributed by atoms with Gasteiger partial charge in [-0.25, -0.2) is 4.68 Å². The molecule has 2 aliphatic rings. The standard InChI is InChI=1S/C12H21N5/c13-9-11-12(10-3-4-10)17(15-14-11)8-7-16-5-1-2-6-16/h10H,1-9,13H2. The quantitative estimate of drug-likeness (QED) is 0.816. The largest absolute Gasteiger partial charge is 0.325 e. The van der Waals surface area contributed by atoms with E-state index >= 15 is 0 Å². The molecule has 0 bridgehead atoms. The Balaban J connectivity index is 1.66. The highest BCUT2D eigenvalue weighted by atomic mass is 15.4. The van der Waals surface area contributed by atoms with Crippen LogP contribution in [-0.4, -0.2) is 39.5 Å². The molecule has 3 rings (SSSR count). The van der Waals surface area contributed by atoms with Crippen molar-refractivity contribution in [3.8, 4) is 0 Å². The first-order valence-electron chi connectivity index (χ1n) is 6.73. The van der Waals surface area contributed by atoms with Gasteiger partial charge in [-0.2, -0.15) is 0 Å². The predicted octanol–water partition coefficient (Wildman–Crippen LogP) is 0.710. The van der Waals surface area contributed by atoms with Gasteiger partial charge >= 0.3 is 0 Å². The van der Waals surface area contributed by atoms with Crippen molar-refractivity contribution in [3.63, 3.8) is 0 Å². The van der Waals surface area contributed by atoms with Crippen LogP contribution in [0.25, 0.3) is 0 Å². The average Bonchev–Trinajstić information content (AvgIpc) is 2.92. The maximum atomic E-state index is 5.72. The van der Waals surface area contributed by atoms with E-state index in [1.54, 1.807) is 0 Å². The molecule has 0 atom stereocenters. The molecule has 0 aromatic carbocycles. The molecular formula is C12H21N5. The molecule has 2 fully saturated rings. The fourth-order valence-electron chi connectivity index (χ4n) is 2.71. The molecule has 94 valence electrons. The molecule has 1 aromatic heterocycles. The number of likely N-dealkylation sites (tertiary alicyclic amines) is 1. The molecule has 0 spiro atoms. The summed E-state index contributed by atoms with van der Waals surface area (Å²) < 4.78 is 2.10. The van der Waals surface area contributed by atoms with Crippen molar-refractivity contribution in [2.45, 2.75) is 44.7 Å². The van der Waals surface area contributed by atoms with Gasteiger partial charge in [0.25, 0.3) is 0 Å². The lowest BCUT2D eigenvalue weighted by Gasteiger charge is -2.15. The Morgan fingerprint density at radius 1 is 1.18 bits per heavy atom. The Hall–Kier alpha value is -0.940. The zero-order valence-electron chi connectivity index (χ0n) is 10.3. The molecule has 1 saturated carbocycles. The molecule has 1 aliphatic carbocycles. The van der Waals surface area contributed by atoms with Gasteiger partial charge in [-0.15, -0.1) is 5.10 Å². The second-order valence-electron chi connectivity index (χ2n) is 5.17. The van der Waals surface area contributed by atoms with Crippen LogP contribution in [0.2, 0.25) is 0 Å². The SMILES string of the molecule is NCc1nnn(CCN2CCCC2)c1C1CC1. The lowest BCUT2D eigenvalue weighted by molar-refractivity contribution is 0.312. The van der Waals surface area contributed by atoms with E-state index in [4.69, 9.17) is 5.73 Å². The van der Waals surface area contributed by atoms with Gasteiger partial charge < -0.3 is 10.6 Å². The lowest BCUT2D eigenvalue weighted by Crippen LogP contribution is -2.25. The highest BCUT2D eigenvalue weighted by molar-refractivity contribution is 5.20. The maximum absolute atomic E-state index is 5.72. The predicted molar refractivity (Wildman–Crippen MR) is 65.6 cm³/mol. The summed E-state index contributed by atoms with van der Waals surface area (Å²) in [7, 11) is 0. The summed E-state index contributed by atoms with van der Waals surface area (Å²) in [6.45, 7) is 5.09. The third kappa shape index (κ3) is 2.35. The van der Waals surface area contributed by atoms with Crippen LogP contribution in [0, 0.1) is 0 Å². The minimum atomic E-state index is 0.523. The van der Waals surface area contributed by atoms with Crippen LogP contribution in [0.4, 0.5) is 0 Å². The molecule has 5 nitrogen and oxygen atoms in total. The van der Waals surface area contributed by atoms with Crippen molar-refractivity contribution in [3.05, 3.63) is 11.4 Å². The highest BCUT2D eigenvalue weighted by Crippen LogP contribution is 2.41. The van der Waals surface area contributed by atoms with Gasteiger partial charge in [-0.1, -0.05) is 5.21 Å². The Labute approximate surface area is 102 Å². The van der Waals surface area contributed by atoms with Crippen LogP contribution in [-0.2, 0) is 13.1 Å². The Morgan fingerprint density at radius 2 is 1.94 bits per heavy atom. The normalized spacial score (nSPS) is 21.2. The van der Waals surface area contributed by atoms with E-state index in [-0.39, 0.29) is 0 Å². The average molecular weight is 235 g/mol. The van der Waals surface area contributed by atoms with Gasteiger partial charge in [0.2, 0.25) is 0 Å². The number of rotatable bonds is 5. The van der Waals surface area contributed by atoms with Crippen LogP contribution in [0.15, 0.2) is 0 Å². The van der Waals surface area contributed by atoms with Crippen molar-refractivity contribution in [1.29, 1.82) is 0 Å². The first-order valence-corrected chi connectivity index (χ1v) is 6.73. The summed E-state index contributed by atoms with van der Waals surface area (Å²) >= 11 is 0. The zero-order valence-corrected chi connectivity index (χ0v) is 10.3. The molecule has 17 heavy (non-hydrogen) atoms. The first-order chi connectivity index (χ1) is 8.38. The smallest absolute Gasteiger partial charge is 0.0997 e. The van der Waals surface area contributed by atoms with E-state index in [1.807, 2.05) is 0 Å². The van der Waals surface area contributed by atoms with Crippen LogP contribution < -0.4 is 5.73 Å². The number of nitrogens with zero attached hydrogens (tertiary/aromatic N) is 4. The van der Waals surface area contributed by atoms with Gasteiger partial charge in [0.15, 0.2) is 0 Å². The van der Waals surface area contributed by atoms with E-state index in [2.05, 4.69) is 19.9 Å². The van der Waals surface area contributed by atoms with E-state index < -0.39 is 0 Å². The number of nitrogens with two attached hydrogens (primary N) is 1. The van der Waals surface area contributed by atoms with Gasteiger partial charge in [0.1, 0.15) is 0 Å². The molecule has 0 unspecified atom stereocenters. The van der Waals surface area contributed by atoms with Gasteiger partial charge in [0, 0.05) is 19.0 Å². The Bertz CT molecular complexity index is 376. The molecule has 1 aromatic rings. The van der Waals surface area contributed by atoms with Crippen LogP contribution in [0.1, 0.15) is 43.0 Å². The summed E-state index contributed by atoms with van der Waals surface area (Å²) in [6, 6.07) is 0. The van der Waals surface area contributed by atoms with Crippen molar-refractivity contribution in [1.82, 2.24) is 19.9 Å². The second kappa shape index (κ2) is 4.74. The molecule has 1 saturated heterocycles. The molecule has 0 radical (unpaired) electrons.